The number of esters is 1. The lowest BCUT2D eigenvalue weighted by Gasteiger charge is -2.20. The molecule has 0 aliphatic heterocycles. The molecule has 0 amide bonds. The summed E-state index contributed by atoms with van der Waals surface area (Å²) in [6.45, 7) is 11.1. The summed E-state index contributed by atoms with van der Waals surface area (Å²) in [5.41, 5.74) is 2.35. The van der Waals surface area contributed by atoms with Crippen LogP contribution >= 0.6 is 0 Å². The van der Waals surface area contributed by atoms with Crippen molar-refractivity contribution < 1.29 is 19.4 Å². The van der Waals surface area contributed by atoms with E-state index in [1.165, 1.54) is 0 Å². The van der Waals surface area contributed by atoms with Crippen molar-refractivity contribution in [1.82, 2.24) is 0 Å². The molecule has 1 rings (SSSR count). The zero-order valence-corrected chi connectivity index (χ0v) is 13.0. The van der Waals surface area contributed by atoms with Crippen LogP contribution in [0.4, 0.5) is 0 Å². The average molecular weight is 290 g/mol. The van der Waals surface area contributed by atoms with Crippen molar-refractivity contribution in [2.45, 2.75) is 46.1 Å². The molecule has 0 atom stereocenters. The van der Waals surface area contributed by atoms with Crippen LogP contribution in [0.15, 0.2) is 24.8 Å². The second-order valence-electron chi connectivity index (χ2n) is 6.07. The lowest BCUT2D eigenvalue weighted by Crippen LogP contribution is -2.25. The van der Waals surface area contributed by atoms with Gasteiger partial charge in [0.05, 0.1) is 12.8 Å². The molecule has 0 fully saturated rings. The van der Waals surface area contributed by atoms with E-state index < -0.39 is 11.6 Å². The molecule has 0 aromatic heterocycles. The minimum atomic E-state index is -0.910. The highest BCUT2D eigenvalue weighted by Gasteiger charge is 2.19. The standard InChI is InChI=1S/C17H22O4/c1-11(2)16-12(9-14(18)19)7-6-8-13(16)10-15(20)21-17(3,4)5/h6-8H,1,9-10H2,2-5H3,(H,18,19). The lowest BCUT2D eigenvalue weighted by atomic mass is 9.92. The monoisotopic (exact) mass is 290 g/mol. The van der Waals surface area contributed by atoms with Gasteiger partial charge in [-0.05, 0) is 44.4 Å². The smallest absolute Gasteiger partial charge is 0.310 e. The van der Waals surface area contributed by atoms with E-state index in [-0.39, 0.29) is 18.8 Å². The van der Waals surface area contributed by atoms with Crippen molar-refractivity contribution in [3.8, 4) is 0 Å². The second-order valence-corrected chi connectivity index (χ2v) is 6.07. The summed E-state index contributed by atoms with van der Waals surface area (Å²) < 4.78 is 5.31. The number of carboxylic acids is 1. The largest absolute Gasteiger partial charge is 0.481 e. The fourth-order valence-electron chi connectivity index (χ4n) is 2.19. The molecular formula is C17H22O4. The van der Waals surface area contributed by atoms with E-state index in [0.717, 1.165) is 16.7 Å². The molecule has 21 heavy (non-hydrogen) atoms. The summed E-state index contributed by atoms with van der Waals surface area (Å²) in [4.78, 5) is 22.9. The van der Waals surface area contributed by atoms with E-state index >= 15 is 0 Å². The Morgan fingerprint density at radius 3 is 2.14 bits per heavy atom. The van der Waals surface area contributed by atoms with Gasteiger partial charge >= 0.3 is 11.9 Å². The lowest BCUT2D eigenvalue weighted by molar-refractivity contribution is -0.153. The summed E-state index contributed by atoms with van der Waals surface area (Å²) >= 11 is 0. The first-order chi connectivity index (χ1) is 9.60. The van der Waals surface area contributed by atoms with Crippen molar-refractivity contribution in [3.63, 3.8) is 0 Å². The van der Waals surface area contributed by atoms with Crippen LogP contribution in [0, 0.1) is 0 Å². The molecule has 0 spiro atoms. The molecular weight excluding hydrogens is 268 g/mol. The molecule has 0 aliphatic rings. The summed E-state index contributed by atoms with van der Waals surface area (Å²) in [6.07, 6.45) is 0.0112. The summed E-state index contributed by atoms with van der Waals surface area (Å²) in [7, 11) is 0. The quantitative estimate of drug-likeness (QED) is 0.846. The van der Waals surface area contributed by atoms with Gasteiger partial charge in [0, 0.05) is 0 Å². The Hall–Kier alpha value is -2.10. The van der Waals surface area contributed by atoms with E-state index in [9.17, 15) is 9.59 Å². The van der Waals surface area contributed by atoms with Gasteiger partial charge in [-0.1, -0.05) is 30.4 Å². The van der Waals surface area contributed by atoms with Crippen LogP contribution in [0.2, 0.25) is 0 Å². The Balaban J connectivity index is 3.09. The zero-order chi connectivity index (χ0) is 16.2. The molecule has 0 aliphatic carbocycles. The number of benzene rings is 1. The fourth-order valence-corrected chi connectivity index (χ4v) is 2.19. The summed E-state index contributed by atoms with van der Waals surface area (Å²) in [5.74, 6) is -1.25. The van der Waals surface area contributed by atoms with Crippen LogP contribution in [-0.2, 0) is 27.2 Å². The molecule has 4 heteroatoms. The van der Waals surface area contributed by atoms with E-state index in [2.05, 4.69) is 6.58 Å². The van der Waals surface area contributed by atoms with Gasteiger partial charge in [-0.2, -0.15) is 0 Å². The number of carbonyl (C=O) groups excluding carboxylic acids is 1. The third-order valence-corrected chi connectivity index (χ3v) is 2.76. The number of hydrogen-bond donors (Lipinski definition) is 1. The van der Waals surface area contributed by atoms with Gasteiger partial charge in [0.15, 0.2) is 0 Å². The Bertz CT molecular complexity index is 565. The Kier molecular flexibility index (Phi) is 5.30. The fraction of sp³-hybridized carbons (Fsp3) is 0.412. The molecule has 1 aromatic rings. The molecule has 0 saturated carbocycles. The first kappa shape index (κ1) is 17.0. The van der Waals surface area contributed by atoms with Gasteiger partial charge < -0.3 is 9.84 Å². The molecule has 0 radical (unpaired) electrons. The third-order valence-electron chi connectivity index (χ3n) is 2.76. The van der Waals surface area contributed by atoms with Crippen LogP contribution in [0.5, 0.6) is 0 Å². The normalized spacial score (nSPS) is 11.0. The predicted molar refractivity (Wildman–Crippen MR) is 82.0 cm³/mol. The van der Waals surface area contributed by atoms with Gasteiger partial charge in [-0.25, -0.2) is 0 Å². The van der Waals surface area contributed by atoms with E-state index in [4.69, 9.17) is 9.84 Å². The maximum atomic E-state index is 12.0. The van der Waals surface area contributed by atoms with Crippen LogP contribution in [0.3, 0.4) is 0 Å². The van der Waals surface area contributed by atoms with Crippen LogP contribution in [-0.4, -0.2) is 22.6 Å². The minimum absolute atomic E-state index is 0.0929. The van der Waals surface area contributed by atoms with E-state index in [0.29, 0.717) is 5.56 Å². The molecule has 0 bridgehead atoms. The number of carboxylic acid groups (broad SMARTS) is 1. The molecule has 114 valence electrons. The van der Waals surface area contributed by atoms with Gasteiger partial charge in [0.1, 0.15) is 5.60 Å². The topological polar surface area (TPSA) is 63.6 Å². The highest BCUT2D eigenvalue weighted by molar-refractivity contribution is 5.80. The van der Waals surface area contributed by atoms with Gasteiger partial charge in [-0.3, -0.25) is 9.59 Å². The second kappa shape index (κ2) is 6.57. The molecule has 1 N–H and O–H groups in total. The van der Waals surface area contributed by atoms with E-state index in [1.807, 2.05) is 20.8 Å². The highest BCUT2D eigenvalue weighted by atomic mass is 16.6. The summed E-state index contributed by atoms with van der Waals surface area (Å²) in [5, 5.41) is 8.98. The van der Waals surface area contributed by atoms with Crippen LogP contribution in [0.1, 0.15) is 44.4 Å². The number of rotatable bonds is 5. The maximum absolute atomic E-state index is 12.0. The summed E-state index contributed by atoms with van der Waals surface area (Å²) in [6, 6.07) is 5.31. The van der Waals surface area contributed by atoms with Crippen LogP contribution < -0.4 is 0 Å². The molecule has 0 unspecified atom stereocenters. The van der Waals surface area contributed by atoms with Crippen molar-refractivity contribution >= 4 is 17.5 Å². The molecule has 0 heterocycles. The predicted octanol–water partition coefficient (Wildman–Crippen LogP) is 3.23. The van der Waals surface area contributed by atoms with Gasteiger partial charge in [0.2, 0.25) is 0 Å². The number of hydrogen-bond acceptors (Lipinski definition) is 3. The Morgan fingerprint density at radius 1 is 1.19 bits per heavy atom. The van der Waals surface area contributed by atoms with Gasteiger partial charge in [0.25, 0.3) is 0 Å². The van der Waals surface area contributed by atoms with E-state index in [1.54, 1.807) is 25.1 Å². The number of carbonyl (C=O) groups is 2. The third kappa shape index (κ3) is 5.42. The molecule has 0 saturated heterocycles. The van der Waals surface area contributed by atoms with Crippen molar-refractivity contribution in [2.75, 3.05) is 0 Å². The molecule has 1 aromatic carbocycles. The van der Waals surface area contributed by atoms with Gasteiger partial charge in [-0.15, -0.1) is 0 Å². The minimum Gasteiger partial charge on any atom is -0.481 e. The average Bonchev–Trinajstić information content (AvgIpc) is 2.24. The van der Waals surface area contributed by atoms with Crippen molar-refractivity contribution in [2.24, 2.45) is 0 Å². The van der Waals surface area contributed by atoms with Crippen molar-refractivity contribution in [1.29, 1.82) is 0 Å². The first-order valence-electron chi connectivity index (χ1n) is 6.80. The SMILES string of the molecule is C=C(C)c1c(CC(=O)O)cccc1CC(=O)OC(C)(C)C. The highest BCUT2D eigenvalue weighted by Crippen LogP contribution is 2.24. The van der Waals surface area contributed by atoms with Crippen LogP contribution in [0.25, 0.3) is 5.57 Å². The van der Waals surface area contributed by atoms with Crippen molar-refractivity contribution in [3.05, 3.63) is 41.5 Å². The number of ether oxygens (including phenoxy) is 1. The zero-order valence-electron chi connectivity index (χ0n) is 13.0. The first-order valence-corrected chi connectivity index (χ1v) is 6.80. The Labute approximate surface area is 125 Å². The maximum Gasteiger partial charge on any atom is 0.310 e. The number of aliphatic carboxylic acids is 1. The molecule has 4 nitrogen and oxygen atoms in total. The number of allylic oxidation sites excluding steroid dienone is 1. The Morgan fingerprint density at radius 2 is 1.71 bits per heavy atom.